The Kier molecular flexibility index (Phi) is 13.4. The van der Waals surface area contributed by atoms with Crippen LogP contribution in [0, 0.1) is 0 Å². The van der Waals surface area contributed by atoms with Gasteiger partial charge in [0.2, 0.25) is 0 Å². The van der Waals surface area contributed by atoms with Crippen LogP contribution in [0.5, 0.6) is 0 Å². The second-order valence-electron chi connectivity index (χ2n) is 4.54. The topological polar surface area (TPSA) is 18.5 Å². The average molecular weight is 667 g/mol. The van der Waals surface area contributed by atoms with Gasteiger partial charge in [0.15, 0.2) is 0 Å². The molecule has 0 aliphatic heterocycles. The van der Waals surface area contributed by atoms with Gasteiger partial charge in [0.25, 0.3) is 0 Å². The quantitative estimate of drug-likeness (QED) is 0.416. The van der Waals surface area contributed by atoms with E-state index in [0.29, 0.717) is 24.9 Å². The molecule has 0 atom stereocenters. The Morgan fingerprint density at radius 1 is 1.00 bits per heavy atom. The molecule has 0 spiro atoms. The second-order valence-corrected chi connectivity index (χ2v) is 32.8. The summed E-state index contributed by atoms with van der Waals surface area (Å²) in [6.07, 6.45) is 0. The molecule has 1 aromatic carbocycles. The Labute approximate surface area is 138 Å². The van der Waals surface area contributed by atoms with E-state index < -0.39 is 20.2 Å². The van der Waals surface area contributed by atoms with Crippen molar-refractivity contribution in [1.29, 1.82) is 0 Å². The van der Waals surface area contributed by atoms with E-state index in [-0.39, 0.29) is 0 Å². The molecule has 0 saturated heterocycles. The molecule has 97 valence electrons. The van der Waals surface area contributed by atoms with Gasteiger partial charge in [-0.15, -0.1) is 0 Å². The predicted octanol–water partition coefficient (Wildman–Crippen LogP) is 3.44. The van der Waals surface area contributed by atoms with Crippen molar-refractivity contribution in [2.24, 2.45) is 0 Å². The monoisotopic (exact) mass is 669 g/mol. The molecule has 2 nitrogen and oxygen atoms in total. The molecular formula is C12H19Cl2Hg2O2. The van der Waals surface area contributed by atoms with Crippen molar-refractivity contribution in [3.05, 3.63) is 30.3 Å². The first-order valence-corrected chi connectivity index (χ1v) is 30.3. The first-order valence-electron chi connectivity index (χ1n) is 6.19. The Hall–Kier alpha value is 1.59. The molecule has 0 radical (unpaired) electrons. The molecular weight excluding hydrogens is 648 g/mol. The zero-order valence-electron chi connectivity index (χ0n) is 11.2. The van der Waals surface area contributed by atoms with E-state index in [0.717, 1.165) is 21.1 Å². The summed E-state index contributed by atoms with van der Waals surface area (Å²) in [7, 11) is 15.2. The summed E-state index contributed by atoms with van der Waals surface area (Å²) in [5.41, 5.74) is 0. The fourth-order valence-electron chi connectivity index (χ4n) is 2.23. The third-order valence-corrected chi connectivity index (χ3v) is 29.3. The number of hydrogen-bond acceptors (Lipinski definition) is 2. The van der Waals surface area contributed by atoms with Gasteiger partial charge in [-0.3, -0.25) is 0 Å². The molecule has 0 unspecified atom stereocenters. The molecule has 0 N–H and O–H groups in total. The summed E-state index contributed by atoms with van der Waals surface area (Å²) in [5.74, 6) is 0. The van der Waals surface area contributed by atoms with Crippen molar-refractivity contribution in [3.8, 4) is 0 Å². The fraction of sp³-hybridized carbons (Fsp3) is 0.500. The molecule has 1 aromatic rings. The van der Waals surface area contributed by atoms with E-state index in [9.17, 15) is 0 Å². The van der Waals surface area contributed by atoms with Crippen LogP contribution in [0.4, 0.5) is 0 Å². The summed E-state index contributed by atoms with van der Waals surface area (Å²) in [6.45, 7) is 1.52. The van der Waals surface area contributed by atoms with Gasteiger partial charge in [-0.05, 0) is 0 Å². The van der Waals surface area contributed by atoms with Crippen LogP contribution in [-0.4, -0.2) is 27.4 Å². The predicted molar refractivity (Wildman–Crippen MR) is 71.1 cm³/mol. The molecule has 1 rings (SSSR count). The molecule has 18 heavy (non-hydrogen) atoms. The van der Waals surface area contributed by atoms with Gasteiger partial charge >= 0.3 is 140 Å². The molecule has 0 amide bonds. The Morgan fingerprint density at radius 2 is 1.44 bits per heavy atom. The number of ether oxygens (including phenoxy) is 2. The first-order chi connectivity index (χ1) is 8.73. The van der Waals surface area contributed by atoms with Crippen molar-refractivity contribution in [2.75, 3.05) is 27.4 Å². The van der Waals surface area contributed by atoms with Gasteiger partial charge < -0.3 is 0 Å². The van der Waals surface area contributed by atoms with Crippen molar-refractivity contribution in [2.45, 2.75) is 7.86 Å². The van der Waals surface area contributed by atoms with E-state index in [4.69, 9.17) is 26.0 Å². The maximum absolute atomic E-state index is 6.90. The van der Waals surface area contributed by atoms with Crippen LogP contribution in [0.25, 0.3) is 0 Å². The van der Waals surface area contributed by atoms with Crippen molar-refractivity contribution in [3.63, 3.8) is 0 Å². The minimum absolute atomic E-state index is 0.500. The summed E-state index contributed by atoms with van der Waals surface area (Å²) >= 11 is -2.54. The average Bonchev–Trinajstić information content (AvgIpc) is 2.46. The molecule has 0 aliphatic carbocycles. The molecule has 0 fully saturated rings. The molecule has 0 bridgehead atoms. The van der Waals surface area contributed by atoms with E-state index in [2.05, 4.69) is 24.3 Å². The summed E-state index contributed by atoms with van der Waals surface area (Å²) in [6, 6.07) is 10.5. The Morgan fingerprint density at radius 3 is 1.83 bits per heavy atom. The zero-order valence-corrected chi connectivity index (χ0v) is 23.7. The van der Waals surface area contributed by atoms with Crippen molar-refractivity contribution in [1.82, 2.24) is 0 Å². The van der Waals surface area contributed by atoms with E-state index in [1.165, 1.54) is 3.07 Å². The standard InChI is InChI=1S/C6H5.2C3H7O.2ClH.2Hg/c1-2-4-6-5-3-1;2*1-3-4-2;;;;/h1-5H;2*1,3H2,2H3;2*1H;;/q;;;;;2*+1/p-2. The number of methoxy groups -OCH3 is 2. The van der Waals surface area contributed by atoms with Gasteiger partial charge in [-0.2, -0.15) is 0 Å². The maximum atomic E-state index is 6.90. The van der Waals surface area contributed by atoms with Gasteiger partial charge in [-0.25, -0.2) is 0 Å². The third kappa shape index (κ3) is 7.39. The Bertz CT molecular complexity index is 291. The van der Waals surface area contributed by atoms with Crippen LogP contribution >= 0.6 is 16.5 Å². The number of halogens is 2. The van der Waals surface area contributed by atoms with E-state index >= 15 is 0 Å². The molecule has 6 heteroatoms. The van der Waals surface area contributed by atoms with Gasteiger partial charge in [0.05, 0.1) is 0 Å². The van der Waals surface area contributed by atoms with Gasteiger partial charge in [0.1, 0.15) is 0 Å². The molecule has 0 saturated carbocycles. The molecule has 0 heterocycles. The van der Waals surface area contributed by atoms with Crippen LogP contribution in [0.2, 0.25) is 7.86 Å². The second kappa shape index (κ2) is 12.3. The summed E-state index contributed by atoms with van der Waals surface area (Å²) in [5, 5.41) is 0. The van der Waals surface area contributed by atoms with E-state index in [1.54, 1.807) is 14.2 Å². The van der Waals surface area contributed by atoms with Crippen molar-refractivity contribution < 1.29 is 54.6 Å². The third-order valence-electron chi connectivity index (χ3n) is 3.39. The van der Waals surface area contributed by atoms with Crippen LogP contribution in [0.15, 0.2) is 30.3 Å². The summed E-state index contributed by atoms with van der Waals surface area (Å²) in [4.78, 5) is 0. The van der Waals surface area contributed by atoms with Gasteiger partial charge in [-0.1, -0.05) is 0 Å². The number of hydrogen-bond donors (Lipinski definition) is 0. The van der Waals surface area contributed by atoms with Crippen LogP contribution in [0.1, 0.15) is 0 Å². The zero-order chi connectivity index (χ0) is 13.9. The SMILES string of the molecule is COC[CH2][Hg]([Cl])([CH2]COC)[c]1ccccc1.[Cl][Hg]. The molecule has 0 aromatic heterocycles. The van der Waals surface area contributed by atoms with Crippen LogP contribution in [0.3, 0.4) is 0 Å². The van der Waals surface area contributed by atoms with Gasteiger partial charge in [0, 0.05) is 0 Å². The minimum atomic E-state index is -3.04. The fourth-order valence-corrected chi connectivity index (χ4v) is 20.4. The van der Waals surface area contributed by atoms with Crippen molar-refractivity contribution >= 4 is 19.6 Å². The van der Waals surface area contributed by atoms with Crippen LogP contribution < -0.4 is 3.07 Å². The van der Waals surface area contributed by atoms with E-state index in [1.807, 2.05) is 6.07 Å². The number of rotatable bonds is 7. The first kappa shape index (κ1) is 19.6. The molecule has 0 aliphatic rings. The normalized spacial score (nSPS) is 9.89. The Balaban J connectivity index is 0.00000137. The summed E-state index contributed by atoms with van der Waals surface area (Å²) < 4.78 is 13.8. The van der Waals surface area contributed by atoms with Crippen LogP contribution in [-0.2, 0) is 54.6 Å². The number of benzene rings is 1.